The van der Waals surface area contributed by atoms with Gasteiger partial charge in [0.2, 0.25) is 5.91 Å². The van der Waals surface area contributed by atoms with Crippen LogP contribution in [0.1, 0.15) is 11.1 Å². The van der Waals surface area contributed by atoms with Crippen molar-refractivity contribution in [2.75, 3.05) is 12.8 Å². The van der Waals surface area contributed by atoms with Gasteiger partial charge in [-0.2, -0.15) is 0 Å². The number of amides is 1. The lowest BCUT2D eigenvalue weighted by atomic mass is 10.1. The zero-order valence-electron chi connectivity index (χ0n) is 16.9. The Labute approximate surface area is 184 Å². The Balaban J connectivity index is 1.52. The number of carbonyl (C=O) groups excluding carboxylic acids is 1. The first-order valence-corrected chi connectivity index (χ1v) is 11.5. The Bertz CT molecular complexity index is 1120. The summed E-state index contributed by atoms with van der Waals surface area (Å²) in [6.45, 7) is 2.66. The summed E-state index contributed by atoms with van der Waals surface area (Å²) in [5.41, 5.74) is 3.33. The number of thiophene rings is 1. The molecule has 1 amide bonds. The predicted molar refractivity (Wildman–Crippen MR) is 123 cm³/mol. The van der Waals surface area contributed by atoms with Gasteiger partial charge in [0, 0.05) is 19.3 Å². The fourth-order valence-electron chi connectivity index (χ4n) is 3.11. The zero-order valence-corrected chi connectivity index (χ0v) is 18.5. The van der Waals surface area contributed by atoms with E-state index < -0.39 is 0 Å². The van der Waals surface area contributed by atoms with Gasteiger partial charge in [0.05, 0.1) is 10.6 Å². The number of rotatable bonds is 7. The normalized spacial score (nSPS) is 10.9. The summed E-state index contributed by atoms with van der Waals surface area (Å²) < 4.78 is 2.02. The Hall–Kier alpha value is -2.90. The van der Waals surface area contributed by atoms with Crippen LogP contribution in [-0.2, 0) is 11.3 Å². The number of benzene rings is 2. The molecule has 4 aromatic rings. The van der Waals surface area contributed by atoms with Gasteiger partial charge in [0.1, 0.15) is 0 Å². The van der Waals surface area contributed by atoms with Crippen molar-refractivity contribution in [3.8, 4) is 16.4 Å². The molecule has 0 radical (unpaired) electrons. The van der Waals surface area contributed by atoms with Gasteiger partial charge in [-0.05, 0) is 41.6 Å². The van der Waals surface area contributed by atoms with Crippen LogP contribution < -0.4 is 0 Å². The minimum absolute atomic E-state index is 0.0588. The second kappa shape index (κ2) is 9.28. The van der Waals surface area contributed by atoms with E-state index in [1.807, 2.05) is 71.6 Å². The maximum absolute atomic E-state index is 12.8. The van der Waals surface area contributed by atoms with Gasteiger partial charge in [0.15, 0.2) is 11.0 Å². The molecule has 0 unspecified atom stereocenters. The highest BCUT2D eigenvalue weighted by Crippen LogP contribution is 2.30. The molecule has 7 heteroatoms. The van der Waals surface area contributed by atoms with Crippen molar-refractivity contribution in [3.63, 3.8) is 0 Å². The first kappa shape index (κ1) is 20.4. The summed E-state index contributed by atoms with van der Waals surface area (Å²) in [5.74, 6) is 1.15. The Kier molecular flexibility index (Phi) is 6.30. The molecule has 0 aliphatic rings. The molecule has 0 saturated heterocycles. The molecular formula is C23H22N4OS2. The van der Waals surface area contributed by atoms with E-state index in [9.17, 15) is 4.79 Å². The fraction of sp³-hybridized carbons (Fsp3) is 0.174. The van der Waals surface area contributed by atoms with E-state index in [1.165, 1.54) is 17.3 Å². The van der Waals surface area contributed by atoms with Gasteiger partial charge in [-0.3, -0.25) is 9.36 Å². The first-order valence-electron chi connectivity index (χ1n) is 9.59. The standard InChI is InChI=1S/C23H22N4OS2/c1-17-9-6-7-10-18(17)15-26(2)21(28)16-30-23-25-24-22(20-13-8-14-29-20)27(23)19-11-4-3-5-12-19/h3-14H,15-16H2,1-2H3. The van der Waals surface area contributed by atoms with Crippen LogP contribution in [0.2, 0.25) is 0 Å². The van der Waals surface area contributed by atoms with E-state index in [1.54, 1.807) is 16.2 Å². The van der Waals surface area contributed by atoms with Crippen LogP contribution in [0, 0.1) is 6.92 Å². The molecule has 2 aromatic heterocycles. The van der Waals surface area contributed by atoms with Gasteiger partial charge >= 0.3 is 0 Å². The van der Waals surface area contributed by atoms with Gasteiger partial charge in [0.25, 0.3) is 0 Å². The number of aryl methyl sites for hydroxylation is 1. The molecule has 0 atom stereocenters. The van der Waals surface area contributed by atoms with Crippen molar-refractivity contribution in [2.24, 2.45) is 0 Å². The molecule has 0 N–H and O–H groups in total. The third-order valence-corrected chi connectivity index (χ3v) is 6.59. The van der Waals surface area contributed by atoms with Gasteiger partial charge in [-0.1, -0.05) is 60.3 Å². The zero-order chi connectivity index (χ0) is 20.9. The summed E-state index contributed by atoms with van der Waals surface area (Å²) in [6, 6.07) is 22.2. The van der Waals surface area contributed by atoms with E-state index in [0.29, 0.717) is 17.5 Å². The van der Waals surface area contributed by atoms with E-state index in [4.69, 9.17) is 0 Å². The average molecular weight is 435 g/mol. The molecule has 0 saturated carbocycles. The second-order valence-corrected chi connectivity index (χ2v) is 8.81. The molecule has 5 nitrogen and oxygen atoms in total. The number of aromatic nitrogens is 3. The SMILES string of the molecule is Cc1ccccc1CN(C)C(=O)CSc1nnc(-c2cccs2)n1-c1ccccc1. The highest BCUT2D eigenvalue weighted by atomic mass is 32.2. The largest absolute Gasteiger partial charge is 0.341 e. The number of carbonyl (C=O) groups is 1. The third kappa shape index (κ3) is 4.47. The lowest BCUT2D eigenvalue weighted by Gasteiger charge is -2.18. The Morgan fingerprint density at radius 3 is 2.53 bits per heavy atom. The van der Waals surface area contributed by atoms with Crippen LogP contribution >= 0.6 is 23.1 Å². The summed E-state index contributed by atoms with van der Waals surface area (Å²) in [7, 11) is 1.84. The third-order valence-electron chi connectivity index (χ3n) is 4.81. The Morgan fingerprint density at radius 1 is 1.03 bits per heavy atom. The molecule has 0 bridgehead atoms. The predicted octanol–water partition coefficient (Wildman–Crippen LogP) is 5.05. The van der Waals surface area contributed by atoms with E-state index in [-0.39, 0.29) is 5.91 Å². The molecule has 152 valence electrons. The average Bonchev–Trinajstić information content (AvgIpc) is 3.44. The van der Waals surface area contributed by atoms with Crippen LogP contribution in [0.5, 0.6) is 0 Å². The van der Waals surface area contributed by atoms with E-state index in [2.05, 4.69) is 29.3 Å². The molecule has 4 rings (SSSR count). The number of hydrogen-bond donors (Lipinski definition) is 0. The summed E-state index contributed by atoms with van der Waals surface area (Å²) in [6.07, 6.45) is 0. The number of hydrogen-bond acceptors (Lipinski definition) is 5. The lowest BCUT2D eigenvalue weighted by molar-refractivity contribution is -0.127. The van der Waals surface area contributed by atoms with Crippen molar-refractivity contribution in [2.45, 2.75) is 18.6 Å². The minimum Gasteiger partial charge on any atom is -0.341 e. The second-order valence-electron chi connectivity index (χ2n) is 6.92. The highest BCUT2D eigenvalue weighted by molar-refractivity contribution is 7.99. The molecule has 0 aliphatic carbocycles. The quantitative estimate of drug-likeness (QED) is 0.382. The fourth-order valence-corrected chi connectivity index (χ4v) is 4.70. The Morgan fingerprint density at radius 2 is 1.80 bits per heavy atom. The monoisotopic (exact) mass is 434 g/mol. The number of thioether (sulfide) groups is 1. The lowest BCUT2D eigenvalue weighted by Crippen LogP contribution is -2.28. The van der Waals surface area contributed by atoms with Gasteiger partial charge in [-0.15, -0.1) is 21.5 Å². The van der Waals surface area contributed by atoms with Crippen molar-refractivity contribution in [1.82, 2.24) is 19.7 Å². The number of nitrogens with zero attached hydrogens (tertiary/aromatic N) is 4. The maximum Gasteiger partial charge on any atom is 0.233 e. The van der Waals surface area contributed by atoms with Crippen LogP contribution in [0.25, 0.3) is 16.4 Å². The van der Waals surface area contributed by atoms with Crippen molar-refractivity contribution < 1.29 is 4.79 Å². The number of para-hydroxylation sites is 1. The van der Waals surface area contributed by atoms with E-state index >= 15 is 0 Å². The van der Waals surface area contributed by atoms with Crippen molar-refractivity contribution in [3.05, 3.63) is 83.2 Å². The van der Waals surface area contributed by atoms with Crippen LogP contribution in [0.4, 0.5) is 0 Å². The van der Waals surface area contributed by atoms with Gasteiger partial charge in [-0.25, -0.2) is 0 Å². The molecule has 0 fully saturated rings. The van der Waals surface area contributed by atoms with Crippen LogP contribution in [0.15, 0.2) is 77.3 Å². The maximum atomic E-state index is 12.8. The van der Waals surface area contributed by atoms with E-state index in [0.717, 1.165) is 22.0 Å². The van der Waals surface area contributed by atoms with Gasteiger partial charge < -0.3 is 4.90 Å². The molecule has 0 aliphatic heterocycles. The molecule has 30 heavy (non-hydrogen) atoms. The minimum atomic E-state index is 0.0588. The summed E-state index contributed by atoms with van der Waals surface area (Å²) in [4.78, 5) is 15.6. The first-order chi connectivity index (χ1) is 14.6. The van der Waals surface area contributed by atoms with Crippen molar-refractivity contribution >= 4 is 29.0 Å². The topological polar surface area (TPSA) is 51.0 Å². The smallest absolute Gasteiger partial charge is 0.233 e. The summed E-state index contributed by atoms with van der Waals surface area (Å²) >= 11 is 3.04. The molecule has 2 heterocycles. The molecular weight excluding hydrogens is 412 g/mol. The highest BCUT2D eigenvalue weighted by Gasteiger charge is 2.19. The van der Waals surface area contributed by atoms with Crippen LogP contribution in [-0.4, -0.2) is 38.4 Å². The summed E-state index contributed by atoms with van der Waals surface area (Å²) in [5, 5.41) is 11.5. The molecule has 2 aromatic carbocycles. The van der Waals surface area contributed by atoms with Crippen molar-refractivity contribution in [1.29, 1.82) is 0 Å². The van der Waals surface area contributed by atoms with Crippen LogP contribution in [0.3, 0.4) is 0 Å². The molecule has 0 spiro atoms.